The molecule has 0 bridgehead atoms. The largest absolute Gasteiger partial charge is 0.466 e. The second-order valence-corrected chi connectivity index (χ2v) is 4.52. The van der Waals surface area contributed by atoms with Crippen molar-refractivity contribution >= 4 is 5.97 Å². The van der Waals surface area contributed by atoms with Crippen LogP contribution < -0.4 is 0 Å². The minimum atomic E-state index is -0.0706. The summed E-state index contributed by atoms with van der Waals surface area (Å²) in [6, 6.07) is 0.673. The van der Waals surface area contributed by atoms with E-state index in [4.69, 9.17) is 4.74 Å². The monoisotopic (exact) mass is 242 g/mol. The maximum absolute atomic E-state index is 11.3. The molecule has 17 heavy (non-hydrogen) atoms. The lowest BCUT2D eigenvalue weighted by molar-refractivity contribution is -0.143. The molecule has 0 saturated carbocycles. The quantitative estimate of drug-likeness (QED) is 0.631. The lowest BCUT2D eigenvalue weighted by Crippen LogP contribution is -2.37. The van der Waals surface area contributed by atoms with Crippen molar-refractivity contribution in [3.63, 3.8) is 0 Å². The van der Waals surface area contributed by atoms with Gasteiger partial charge in [-0.1, -0.05) is 13.8 Å². The second-order valence-electron chi connectivity index (χ2n) is 4.52. The van der Waals surface area contributed by atoms with Crippen LogP contribution >= 0.6 is 0 Å². The average Bonchev–Trinajstić information content (AvgIpc) is 2.77. The van der Waals surface area contributed by atoms with E-state index in [-0.39, 0.29) is 5.97 Å². The van der Waals surface area contributed by atoms with E-state index in [1.54, 1.807) is 0 Å². The van der Waals surface area contributed by atoms with Gasteiger partial charge in [0.15, 0.2) is 0 Å². The molecule has 1 aliphatic heterocycles. The molecule has 1 aliphatic rings. The minimum absolute atomic E-state index is 0.0706. The molecule has 100 valence electrons. The van der Waals surface area contributed by atoms with Crippen LogP contribution in [0.15, 0.2) is 0 Å². The maximum Gasteiger partial charge on any atom is 0.307 e. The van der Waals surface area contributed by atoms with Gasteiger partial charge in [0, 0.05) is 19.1 Å². The van der Waals surface area contributed by atoms with Gasteiger partial charge in [-0.25, -0.2) is 0 Å². The summed E-state index contributed by atoms with van der Waals surface area (Å²) in [5, 5.41) is 0. The number of nitrogens with zero attached hydrogens (tertiary/aromatic N) is 2. The lowest BCUT2D eigenvalue weighted by Gasteiger charge is -2.26. The number of hydrogen-bond donors (Lipinski definition) is 0. The fraction of sp³-hybridized carbons (Fsp3) is 0.923. The summed E-state index contributed by atoms with van der Waals surface area (Å²) in [4.78, 5) is 16.1. The first-order valence-electron chi connectivity index (χ1n) is 6.83. The van der Waals surface area contributed by atoms with Crippen LogP contribution in [0, 0.1) is 0 Å². The Hall–Kier alpha value is -0.610. The number of hydrogen-bond acceptors (Lipinski definition) is 4. The third kappa shape index (κ3) is 4.64. The molecule has 1 atom stereocenters. The highest BCUT2D eigenvalue weighted by atomic mass is 16.5. The smallest absolute Gasteiger partial charge is 0.307 e. The van der Waals surface area contributed by atoms with Crippen molar-refractivity contribution in [2.75, 3.05) is 39.3 Å². The van der Waals surface area contributed by atoms with Crippen molar-refractivity contribution in [1.82, 2.24) is 9.80 Å². The van der Waals surface area contributed by atoms with E-state index in [0.717, 1.165) is 32.7 Å². The van der Waals surface area contributed by atoms with Gasteiger partial charge in [0.1, 0.15) is 0 Å². The fourth-order valence-electron chi connectivity index (χ4n) is 2.54. The van der Waals surface area contributed by atoms with Crippen LogP contribution in [0.5, 0.6) is 0 Å². The molecule has 1 fully saturated rings. The fourth-order valence-corrected chi connectivity index (χ4v) is 2.54. The highest BCUT2D eigenvalue weighted by molar-refractivity contribution is 5.69. The molecule has 0 radical (unpaired) electrons. The number of carbonyl (C=O) groups excluding carboxylic acids is 1. The molecule has 0 aliphatic carbocycles. The van der Waals surface area contributed by atoms with Crippen molar-refractivity contribution in [2.24, 2.45) is 0 Å². The molecular formula is C13H26N2O2. The van der Waals surface area contributed by atoms with Crippen molar-refractivity contribution in [3.8, 4) is 0 Å². The molecule has 4 heteroatoms. The number of carbonyl (C=O) groups is 1. The first-order chi connectivity index (χ1) is 8.21. The van der Waals surface area contributed by atoms with Gasteiger partial charge in [-0.05, 0) is 33.0 Å². The summed E-state index contributed by atoms with van der Waals surface area (Å²) in [6.45, 7) is 12.1. The molecule has 4 nitrogen and oxygen atoms in total. The van der Waals surface area contributed by atoms with Crippen molar-refractivity contribution < 1.29 is 9.53 Å². The van der Waals surface area contributed by atoms with Gasteiger partial charge in [0.05, 0.1) is 13.0 Å². The van der Waals surface area contributed by atoms with Gasteiger partial charge in [-0.2, -0.15) is 0 Å². The van der Waals surface area contributed by atoms with Gasteiger partial charge in [-0.3, -0.25) is 9.69 Å². The van der Waals surface area contributed by atoms with Crippen LogP contribution in [-0.2, 0) is 9.53 Å². The second kappa shape index (κ2) is 7.67. The van der Waals surface area contributed by atoms with E-state index in [2.05, 4.69) is 23.6 Å². The molecule has 0 N–H and O–H groups in total. The molecular weight excluding hydrogens is 216 g/mol. The Bertz CT molecular complexity index is 229. The Labute approximate surface area is 105 Å². The van der Waals surface area contributed by atoms with E-state index < -0.39 is 0 Å². The summed E-state index contributed by atoms with van der Waals surface area (Å²) in [7, 11) is 0. The maximum atomic E-state index is 11.3. The highest BCUT2D eigenvalue weighted by Gasteiger charge is 2.26. The summed E-state index contributed by atoms with van der Waals surface area (Å²) >= 11 is 0. The zero-order valence-corrected chi connectivity index (χ0v) is 11.4. The lowest BCUT2D eigenvalue weighted by atomic mass is 10.2. The van der Waals surface area contributed by atoms with Crippen LogP contribution in [0.2, 0.25) is 0 Å². The number of ether oxygens (including phenoxy) is 1. The molecule has 1 heterocycles. The van der Waals surface area contributed by atoms with Crippen molar-refractivity contribution in [1.29, 1.82) is 0 Å². The van der Waals surface area contributed by atoms with Gasteiger partial charge in [-0.15, -0.1) is 0 Å². The van der Waals surface area contributed by atoms with E-state index in [0.29, 0.717) is 19.1 Å². The Kier molecular flexibility index (Phi) is 6.52. The van der Waals surface area contributed by atoms with Gasteiger partial charge in [0.2, 0.25) is 0 Å². The van der Waals surface area contributed by atoms with Crippen LogP contribution in [0.25, 0.3) is 0 Å². The average molecular weight is 242 g/mol. The van der Waals surface area contributed by atoms with Crippen LogP contribution in [-0.4, -0.2) is 61.1 Å². The molecule has 0 amide bonds. The molecule has 0 aromatic rings. The topological polar surface area (TPSA) is 32.8 Å². The van der Waals surface area contributed by atoms with Gasteiger partial charge in [0.25, 0.3) is 0 Å². The van der Waals surface area contributed by atoms with E-state index in [1.165, 1.54) is 6.42 Å². The van der Waals surface area contributed by atoms with Gasteiger partial charge >= 0.3 is 5.97 Å². The standard InChI is InChI=1S/C13H26N2O2/c1-4-15(5-2)12-7-9-14(11-12)10-8-13(16)17-6-3/h12H,4-11H2,1-3H3. The summed E-state index contributed by atoms with van der Waals surface area (Å²) in [5.41, 5.74) is 0. The predicted octanol–water partition coefficient (Wildman–Crippen LogP) is 1.36. The first-order valence-corrected chi connectivity index (χ1v) is 6.83. The number of rotatable bonds is 7. The Morgan fingerprint density at radius 3 is 2.65 bits per heavy atom. The molecule has 1 rings (SSSR count). The summed E-state index contributed by atoms with van der Waals surface area (Å²) in [5.74, 6) is -0.0706. The van der Waals surface area contributed by atoms with Gasteiger partial charge < -0.3 is 9.64 Å². The molecule has 0 spiro atoms. The molecule has 1 unspecified atom stereocenters. The molecule has 1 saturated heterocycles. The third-order valence-corrected chi connectivity index (χ3v) is 3.51. The van der Waals surface area contributed by atoms with Crippen molar-refractivity contribution in [2.45, 2.75) is 39.7 Å². The van der Waals surface area contributed by atoms with E-state index >= 15 is 0 Å². The molecule has 0 aromatic heterocycles. The third-order valence-electron chi connectivity index (χ3n) is 3.51. The van der Waals surface area contributed by atoms with Crippen molar-refractivity contribution in [3.05, 3.63) is 0 Å². The number of likely N-dealkylation sites (tertiary alicyclic amines) is 1. The summed E-state index contributed by atoms with van der Waals surface area (Å²) in [6.07, 6.45) is 1.75. The minimum Gasteiger partial charge on any atom is -0.466 e. The number of esters is 1. The SMILES string of the molecule is CCOC(=O)CCN1CCC(N(CC)CC)C1. The zero-order valence-electron chi connectivity index (χ0n) is 11.4. The molecule has 0 aromatic carbocycles. The Balaban J connectivity index is 2.23. The van der Waals surface area contributed by atoms with E-state index in [1.807, 2.05) is 6.92 Å². The Morgan fingerprint density at radius 1 is 1.35 bits per heavy atom. The number of likely N-dealkylation sites (N-methyl/N-ethyl adjacent to an activating group) is 1. The normalized spacial score (nSPS) is 21.1. The zero-order chi connectivity index (χ0) is 12.7. The Morgan fingerprint density at radius 2 is 2.06 bits per heavy atom. The van der Waals surface area contributed by atoms with E-state index in [9.17, 15) is 4.79 Å². The van der Waals surface area contributed by atoms with Crippen LogP contribution in [0.1, 0.15) is 33.6 Å². The highest BCUT2D eigenvalue weighted by Crippen LogP contribution is 2.15. The van der Waals surface area contributed by atoms with Crippen LogP contribution in [0.4, 0.5) is 0 Å². The first kappa shape index (κ1) is 14.5. The van der Waals surface area contributed by atoms with Crippen LogP contribution in [0.3, 0.4) is 0 Å². The summed E-state index contributed by atoms with van der Waals surface area (Å²) < 4.78 is 4.94. The predicted molar refractivity (Wildman–Crippen MR) is 69.0 cm³/mol.